The average molecular weight is 198 g/mol. The molecule has 0 aliphatic heterocycles. The van der Waals surface area contributed by atoms with Crippen molar-refractivity contribution in [3.63, 3.8) is 0 Å². The molecular formula is C13H26O. The summed E-state index contributed by atoms with van der Waals surface area (Å²) >= 11 is 0. The molecule has 1 heteroatoms. The van der Waals surface area contributed by atoms with Gasteiger partial charge in [0.2, 0.25) is 0 Å². The number of hydrogen-bond donors (Lipinski definition) is 1. The number of aliphatic hydroxyl groups excluding tert-OH is 1. The van der Waals surface area contributed by atoms with Crippen LogP contribution in [0.3, 0.4) is 0 Å². The molecule has 0 aromatic carbocycles. The predicted molar refractivity (Wildman–Crippen MR) is 63.5 cm³/mol. The minimum atomic E-state index is 0.357. The molecule has 1 nitrogen and oxygen atoms in total. The van der Waals surface area contributed by atoms with E-state index in [0.717, 1.165) is 12.8 Å². The fourth-order valence-corrected chi connectivity index (χ4v) is 1.55. The van der Waals surface area contributed by atoms with Gasteiger partial charge in [-0.05, 0) is 25.7 Å². The van der Waals surface area contributed by atoms with E-state index < -0.39 is 0 Å². The van der Waals surface area contributed by atoms with Crippen molar-refractivity contribution in [3.8, 4) is 0 Å². The van der Waals surface area contributed by atoms with E-state index in [1.165, 1.54) is 50.5 Å². The smallest absolute Gasteiger partial charge is 0.0431 e. The number of unbranched alkanes of at least 4 members (excludes halogenated alkanes) is 6. The standard InChI is InChI=1S/C13H26O/c1-3-13(2)11-9-7-5-4-6-8-10-12-14/h14H,2-12H2,1H3. The molecule has 0 amide bonds. The van der Waals surface area contributed by atoms with Crippen molar-refractivity contribution < 1.29 is 5.11 Å². The minimum absolute atomic E-state index is 0.357. The van der Waals surface area contributed by atoms with Crippen LogP contribution in [-0.4, -0.2) is 11.7 Å². The third-order valence-corrected chi connectivity index (χ3v) is 2.69. The maximum absolute atomic E-state index is 8.59. The summed E-state index contributed by atoms with van der Waals surface area (Å²) in [7, 11) is 0. The predicted octanol–water partition coefficient (Wildman–Crippen LogP) is 4.07. The Morgan fingerprint density at radius 2 is 1.43 bits per heavy atom. The van der Waals surface area contributed by atoms with Crippen molar-refractivity contribution in [2.75, 3.05) is 6.61 Å². The lowest BCUT2D eigenvalue weighted by molar-refractivity contribution is 0.282. The molecule has 14 heavy (non-hydrogen) atoms. The number of aliphatic hydroxyl groups is 1. The zero-order chi connectivity index (χ0) is 10.6. The van der Waals surface area contributed by atoms with E-state index in [-0.39, 0.29) is 0 Å². The molecule has 0 rings (SSSR count). The van der Waals surface area contributed by atoms with E-state index in [4.69, 9.17) is 5.11 Å². The van der Waals surface area contributed by atoms with E-state index in [2.05, 4.69) is 13.5 Å². The largest absolute Gasteiger partial charge is 0.396 e. The first kappa shape index (κ1) is 13.7. The lowest BCUT2D eigenvalue weighted by atomic mass is 10.0. The molecular weight excluding hydrogens is 172 g/mol. The Balaban J connectivity index is 2.95. The summed E-state index contributed by atoms with van der Waals surface area (Å²) in [6.45, 7) is 6.54. The van der Waals surface area contributed by atoms with Gasteiger partial charge < -0.3 is 5.11 Å². The molecule has 0 saturated carbocycles. The number of rotatable bonds is 10. The van der Waals surface area contributed by atoms with Crippen molar-refractivity contribution >= 4 is 0 Å². The molecule has 0 bridgehead atoms. The topological polar surface area (TPSA) is 20.2 Å². The van der Waals surface area contributed by atoms with Crippen LogP contribution < -0.4 is 0 Å². The van der Waals surface area contributed by atoms with Crippen molar-refractivity contribution in [1.82, 2.24) is 0 Å². The molecule has 0 fully saturated rings. The maximum Gasteiger partial charge on any atom is 0.0431 e. The van der Waals surface area contributed by atoms with Crippen molar-refractivity contribution in [2.45, 2.75) is 64.7 Å². The third-order valence-electron chi connectivity index (χ3n) is 2.69. The lowest BCUT2D eigenvalue weighted by Crippen LogP contribution is -1.85. The summed E-state index contributed by atoms with van der Waals surface area (Å²) in [5, 5.41) is 8.59. The highest BCUT2D eigenvalue weighted by atomic mass is 16.2. The second-order valence-electron chi connectivity index (χ2n) is 4.05. The Kier molecular flexibility index (Phi) is 10.5. The van der Waals surface area contributed by atoms with Gasteiger partial charge in [0.05, 0.1) is 0 Å². The highest BCUT2D eigenvalue weighted by Crippen LogP contribution is 2.12. The molecule has 0 heterocycles. The van der Waals surface area contributed by atoms with Gasteiger partial charge in [-0.2, -0.15) is 0 Å². The molecule has 0 aromatic rings. The summed E-state index contributed by atoms with van der Waals surface area (Å²) in [6.07, 6.45) is 11.1. The van der Waals surface area contributed by atoms with Gasteiger partial charge in [0.15, 0.2) is 0 Å². The summed E-state index contributed by atoms with van der Waals surface area (Å²) in [4.78, 5) is 0. The van der Waals surface area contributed by atoms with E-state index in [1.54, 1.807) is 0 Å². The molecule has 0 spiro atoms. The van der Waals surface area contributed by atoms with Crippen molar-refractivity contribution in [2.24, 2.45) is 0 Å². The minimum Gasteiger partial charge on any atom is -0.396 e. The van der Waals surface area contributed by atoms with Gasteiger partial charge >= 0.3 is 0 Å². The van der Waals surface area contributed by atoms with Gasteiger partial charge in [-0.3, -0.25) is 0 Å². The highest BCUT2D eigenvalue weighted by Gasteiger charge is 1.93. The van der Waals surface area contributed by atoms with Crippen LogP contribution in [0.5, 0.6) is 0 Å². The molecule has 84 valence electrons. The van der Waals surface area contributed by atoms with Crippen LogP contribution in [0.1, 0.15) is 64.7 Å². The average Bonchev–Trinajstić information content (AvgIpc) is 2.21. The van der Waals surface area contributed by atoms with Gasteiger partial charge in [-0.25, -0.2) is 0 Å². The molecule has 0 aliphatic rings. The summed E-state index contributed by atoms with van der Waals surface area (Å²) in [5.74, 6) is 0. The monoisotopic (exact) mass is 198 g/mol. The lowest BCUT2D eigenvalue weighted by Gasteiger charge is -2.02. The van der Waals surface area contributed by atoms with Crippen LogP contribution >= 0.6 is 0 Å². The zero-order valence-corrected chi connectivity index (χ0v) is 9.73. The maximum atomic E-state index is 8.59. The Bertz CT molecular complexity index is 129. The van der Waals surface area contributed by atoms with E-state index in [0.29, 0.717) is 6.61 Å². The molecule has 0 saturated heterocycles. The fraction of sp³-hybridized carbons (Fsp3) is 0.846. The Labute approximate surface area is 89.2 Å². The zero-order valence-electron chi connectivity index (χ0n) is 9.73. The normalized spacial score (nSPS) is 10.4. The Hall–Kier alpha value is -0.300. The van der Waals surface area contributed by atoms with Crippen LogP contribution in [0.15, 0.2) is 12.2 Å². The van der Waals surface area contributed by atoms with Crippen molar-refractivity contribution in [3.05, 3.63) is 12.2 Å². The second kappa shape index (κ2) is 10.8. The van der Waals surface area contributed by atoms with Crippen molar-refractivity contribution in [1.29, 1.82) is 0 Å². The van der Waals surface area contributed by atoms with E-state index in [9.17, 15) is 0 Å². The second-order valence-corrected chi connectivity index (χ2v) is 4.05. The summed E-state index contributed by atoms with van der Waals surface area (Å²) in [6, 6.07) is 0. The van der Waals surface area contributed by atoms with Crippen LogP contribution in [0, 0.1) is 0 Å². The molecule has 0 aliphatic carbocycles. The molecule has 1 N–H and O–H groups in total. The number of allylic oxidation sites excluding steroid dienone is 1. The highest BCUT2D eigenvalue weighted by molar-refractivity contribution is 4.91. The van der Waals surface area contributed by atoms with Gasteiger partial charge in [-0.15, -0.1) is 0 Å². The fourth-order valence-electron chi connectivity index (χ4n) is 1.55. The van der Waals surface area contributed by atoms with Gasteiger partial charge in [0.25, 0.3) is 0 Å². The Morgan fingerprint density at radius 3 is 1.93 bits per heavy atom. The van der Waals surface area contributed by atoms with Gasteiger partial charge in [0, 0.05) is 6.61 Å². The number of hydrogen-bond acceptors (Lipinski definition) is 1. The third kappa shape index (κ3) is 9.79. The first-order chi connectivity index (χ1) is 6.81. The summed E-state index contributed by atoms with van der Waals surface area (Å²) < 4.78 is 0. The summed E-state index contributed by atoms with van der Waals surface area (Å²) in [5.41, 5.74) is 1.39. The van der Waals surface area contributed by atoms with Crippen LogP contribution in [0.2, 0.25) is 0 Å². The van der Waals surface area contributed by atoms with E-state index >= 15 is 0 Å². The first-order valence-corrected chi connectivity index (χ1v) is 6.08. The van der Waals surface area contributed by atoms with E-state index in [1.807, 2.05) is 0 Å². The molecule has 0 atom stereocenters. The molecule has 0 radical (unpaired) electrons. The van der Waals surface area contributed by atoms with Gasteiger partial charge in [-0.1, -0.05) is 51.2 Å². The SMILES string of the molecule is C=C(CC)CCCCCCCCCO. The van der Waals surface area contributed by atoms with Crippen LogP contribution in [0.25, 0.3) is 0 Å². The first-order valence-electron chi connectivity index (χ1n) is 6.08. The Morgan fingerprint density at radius 1 is 0.929 bits per heavy atom. The van der Waals surface area contributed by atoms with Crippen LogP contribution in [-0.2, 0) is 0 Å². The van der Waals surface area contributed by atoms with Crippen LogP contribution in [0.4, 0.5) is 0 Å². The van der Waals surface area contributed by atoms with Gasteiger partial charge in [0.1, 0.15) is 0 Å². The molecule has 0 aromatic heterocycles. The quantitative estimate of drug-likeness (QED) is 0.414. The molecule has 0 unspecified atom stereocenters.